The second-order valence-corrected chi connectivity index (χ2v) is 6.40. The van der Waals surface area contributed by atoms with Crippen molar-refractivity contribution in [3.8, 4) is 0 Å². The number of carbonyl (C=O) groups excluding carboxylic acids is 1. The maximum absolute atomic E-state index is 11.9. The molecule has 1 saturated carbocycles. The SMILES string of the molecule is CC(C)(C)OC(=O)N[C@H]1CCC[C@@H]1CNc1ncccn1. The lowest BCUT2D eigenvalue weighted by molar-refractivity contribution is 0.0494. The zero-order valence-corrected chi connectivity index (χ0v) is 12.9. The molecule has 0 spiro atoms. The minimum Gasteiger partial charge on any atom is -0.444 e. The van der Waals surface area contributed by atoms with E-state index >= 15 is 0 Å². The van der Waals surface area contributed by atoms with E-state index in [0.29, 0.717) is 11.9 Å². The fraction of sp³-hybridized carbons (Fsp3) is 0.667. The maximum atomic E-state index is 11.9. The average Bonchev–Trinajstić information content (AvgIpc) is 2.82. The number of anilines is 1. The number of rotatable bonds is 4. The van der Waals surface area contributed by atoms with Crippen molar-refractivity contribution in [2.75, 3.05) is 11.9 Å². The number of carbonyl (C=O) groups is 1. The van der Waals surface area contributed by atoms with Crippen LogP contribution in [0, 0.1) is 5.92 Å². The standard InChI is InChI=1S/C15H24N4O2/c1-15(2,3)21-14(20)19-12-7-4-6-11(12)10-18-13-16-8-5-9-17-13/h5,8-9,11-12H,4,6-7,10H2,1-3H3,(H,19,20)(H,16,17,18)/t11-,12+/m1/s1. The van der Waals surface area contributed by atoms with Crippen LogP contribution in [0.25, 0.3) is 0 Å². The number of aromatic nitrogens is 2. The third kappa shape index (κ3) is 5.21. The molecule has 0 bridgehead atoms. The summed E-state index contributed by atoms with van der Waals surface area (Å²) in [5, 5.41) is 6.20. The van der Waals surface area contributed by atoms with Crippen molar-refractivity contribution in [2.45, 2.75) is 51.7 Å². The van der Waals surface area contributed by atoms with Gasteiger partial charge < -0.3 is 15.4 Å². The van der Waals surface area contributed by atoms with Crippen LogP contribution in [0.15, 0.2) is 18.5 Å². The first-order chi connectivity index (χ1) is 9.94. The molecule has 116 valence electrons. The van der Waals surface area contributed by atoms with Crippen molar-refractivity contribution in [1.29, 1.82) is 0 Å². The molecule has 6 nitrogen and oxygen atoms in total. The molecule has 0 saturated heterocycles. The molecule has 0 unspecified atom stereocenters. The number of hydrogen-bond acceptors (Lipinski definition) is 5. The van der Waals surface area contributed by atoms with Crippen LogP contribution < -0.4 is 10.6 Å². The van der Waals surface area contributed by atoms with Crippen molar-refractivity contribution in [2.24, 2.45) is 5.92 Å². The molecule has 6 heteroatoms. The van der Waals surface area contributed by atoms with Crippen LogP contribution >= 0.6 is 0 Å². The first kappa shape index (κ1) is 15.5. The number of alkyl carbamates (subject to hydrolysis) is 1. The van der Waals surface area contributed by atoms with Gasteiger partial charge in [-0.25, -0.2) is 14.8 Å². The zero-order chi connectivity index (χ0) is 15.3. The van der Waals surface area contributed by atoms with Gasteiger partial charge in [0.1, 0.15) is 5.60 Å². The molecule has 0 radical (unpaired) electrons. The Hall–Kier alpha value is -1.85. The smallest absolute Gasteiger partial charge is 0.407 e. The molecule has 0 aromatic carbocycles. The first-order valence-corrected chi connectivity index (χ1v) is 7.44. The lowest BCUT2D eigenvalue weighted by atomic mass is 10.0. The zero-order valence-electron chi connectivity index (χ0n) is 12.9. The van der Waals surface area contributed by atoms with E-state index in [1.165, 1.54) is 0 Å². The van der Waals surface area contributed by atoms with Crippen LogP contribution in [0.4, 0.5) is 10.7 Å². The summed E-state index contributed by atoms with van der Waals surface area (Å²) in [6.45, 7) is 6.36. The van der Waals surface area contributed by atoms with E-state index in [-0.39, 0.29) is 12.1 Å². The molecule has 1 heterocycles. The second kappa shape index (κ2) is 6.74. The summed E-state index contributed by atoms with van der Waals surface area (Å²) in [6, 6.07) is 1.93. The Morgan fingerprint density at radius 3 is 2.71 bits per heavy atom. The third-order valence-electron chi connectivity index (χ3n) is 3.45. The lowest BCUT2D eigenvalue weighted by Crippen LogP contribution is -2.42. The van der Waals surface area contributed by atoms with Gasteiger partial charge in [-0.3, -0.25) is 0 Å². The Labute approximate surface area is 125 Å². The highest BCUT2D eigenvalue weighted by molar-refractivity contribution is 5.68. The molecule has 1 fully saturated rings. The van der Waals surface area contributed by atoms with Crippen LogP contribution in [0.2, 0.25) is 0 Å². The van der Waals surface area contributed by atoms with Gasteiger partial charge in [0.05, 0.1) is 0 Å². The Kier molecular flexibility index (Phi) is 4.98. The van der Waals surface area contributed by atoms with Crippen molar-refractivity contribution in [1.82, 2.24) is 15.3 Å². The van der Waals surface area contributed by atoms with Crippen molar-refractivity contribution >= 4 is 12.0 Å². The van der Waals surface area contributed by atoms with Gasteiger partial charge in [-0.15, -0.1) is 0 Å². The van der Waals surface area contributed by atoms with E-state index in [1.807, 2.05) is 20.8 Å². The molecule has 2 rings (SSSR count). The molecule has 2 N–H and O–H groups in total. The normalized spacial score (nSPS) is 21.9. The van der Waals surface area contributed by atoms with Crippen molar-refractivity contribution in [3.63, 3.8) is 0 Å². The van der Waals surface area contributed by atoms with E-state index in [4.69, 9.17) is 4.74 Å². The van der Waals surface area contributed by atoms with Gasteiger partial charge in [-0.1, -0.05) is 6.42 Å². The average molecular weight is 292 g/mol. The number of ether oxygens (including phenoxy) is 1. The predicted molar refractivity (Wildman–Crippen MR) is 81.0 cm³/mol. The van der Waals surface area contributed by atoms with Gasteiger partial charge >= 0.3 is 6.09 Å². The second-order valence-electron chi connectivity index (χ2n) is 6.40. The highest BCUT2D eigenvalue weighted by Gasteiger charge is 2.30. The van der Waals surface area contributed by atoms with E-state index in [0.717, 1.165) is 25.8 Å². The summed E-state index contributed by atoms with van der Waals surface area (Å²) in [6.07, 6.45) is 6.26. The van der Waals surface area contributed by atoms with Crippen LogP contribution in [0.3, 0.4) is 0 Å². The summed E-state index contributed by atoms with van der Waals surface area (Å²) in [4.78, 5) is 20.1. The van der Waals surface area contributed by atoms with Gasteiger partial charge in [0.15, 0.2) is 0 Å². The Balaban J connectivity index is 1.81. The van der Waals surface area contributed by atoms with Gasteiger partial charge in [-0.05, 0) is 45.6 Å². The summed E-state index contributed by atoms with van der Waals surface area (Å²) < 4.78 is 5.32. The first-order valence-electron chi connectivity index (χ1n) is 7.44. The Morgan fingerprint density at radius 2 is 2.05 bits per heavy atom. The molecular weight excluding hydrogens is 268 g/mol. The van der Waals surface area contributed by atoms with E-state index in [2.05, 4.69) is 20.6 Å². The Bertz CT molecular complexity index is 458. The molecule has 21 heavy (non-hydrogen) atoms. The molecule has 1 aromatic rings. The molecule has 1 aromatic heterocycles. The van der Waals surface area contributed by atoms with Crippen molar-refractivity contribution < 1.29 is 9.53 Å². The number of nitrogens with one attached hydrogen (secondary N) is 2. The van der Waals surface area contributed by atoms with E-state index in [9.17, 15) is 4.79 Å². The fourth-order valence-electron chi connectivity index (χ4n) is 2.54. The summed E-state index contributed by atoms with van der Waals surface area (Å²) in [7, 11) is 0. The molecule has 1 aliphatic rings. The molecular formula is C15H24N4O2. The largest absolute Gasteiger partial charge is 0.444 e. The monoisotopic (exact) mass is 292 g/mol. The van der Waals surface area contributed by atoms with Crippen LogP contribution in [-0.4, -0.2) is 34.2 Å². The Morgan fingerprint density at radius 1 is 1.33 bits per heavy atom. The lowest BCUT2D eigenvalue weighted by Gasteiger charge is -2.25. The third-order valence-corrected chi connectivity index (χ3v) is 3.45. The summed E-state index contributed by atoms with van der Waals surface area (Å²) >= 11 is 0. The predicted octanol–water partition coefficient (Wildman–Crippen LogP) is 2.58. The van der Waals surface area contributed by atoms with Gasteiger partial charge in [0.2, 0.25) is 5.95 Å². The topological polar surface area (TPSA) is 76.1 Å². The summed E-state index contributed by atoms with van der Waals surface area (Å²) in [5.41, 5.74) is -0.464. The van der Waals surface area contributed by atoms with Gasteiger partial charge in [0, 0.05) is 25.0 Å². The number of hydrogen-bond donors (Lipinski definition) is 2. The molecule has 2 atom stereocenters. The van der Waals surface area contributed by atoms with Crippen molar-refractivity contribution in [3.05, 3.63) is 18.5 Å². The minimum atomic E-state index is -0.464. The molecule has 1 aliphatic carbocycles. The molecule has 0 aliphatic heterocycles. The molecule has 1 amide bonds. The van der Waals surface area contributed by atoms with Gasteiger partial charge in [-0.2, -0.15) is 0 Å². The minimum absolute atomic E-state index is 0.149. The highest BCUT2D eigenvalue weighted by atomic mass is 16.6. The summed E-state index contributed by atoms with van der Waals surface area (Å²) in [5.74, 6) is 1.00. The van der Waals surface area contributed by atoms with Crippen LogP contribution in [-0.2, 0) is 4.74 Å². The van der Waals surface area contributed by atoms with E-state index < -0.39 is 5.60 Å². The quantitative estimate of drug-likeness (QED) is 0.892. The van der Waals surface area contributed by atoms with E-state index in [1.54, 1.807) is 18.5 Å². The number of nitrogens with zero attached hydrogens (tertiary/aromatic N) is 2. The van der Waals surface area contributed by atoms with Crippen LogP contribution in [0.5, 0.6) is 0 Å². The maximum Gasteiger partial charge on any atom is 0.407 e. The highest BCUT2D eigenvalue weighted by Crippen LogP contribution is 2.26. The van der Waals surface area contributed by atoms with Gasteiger partial charge in [0.25, 0.3) is 0 Å². The fourth-order valence-corrected chi connectivity index (χ4v) is 2.54. The number of amides is 1. The van der Waals surface area contributed by atoms with Crippen LogP contribution in [0.1, 0.15) is 40.0 Å².